The molecule has 1 aromatic heterocycles. The van der Waals surface area contributed by atoms with E-state index in [-0.39, 0.29) is 12.4 Å². The average molecular weight is 432 g/mol. The highest BCUT2D eigenvalue weighted by Crippen LogP contribution is 2.33. The molecule has 0 radical (unpaired) electrons. The Balaban J connectivity index is 0.000000376. The Kier molecular flexibility index (Phi) is 6.60. The van der Waals surface area contributed by atoms with Crippen LogP contribution in [-0.2, 0) is 12.8 Å². The van der Waals surface area contributed by atoms with E-state index in [1.54, 1.807) is 25.2 Å². The first kappa shape index (κ1) is 19.5. The van der Waals surface area contributed by atoms with Gasteiger partial charge in [0.05, 0.1) is 11.1 Å². The predicted molar refractivity (Wildman–Crippen MR) is 108 cm³/mol. The van der Waals surface area contributed by atoms with Crippen molar-refractivity contribution in [1.29, 1.82) is 0 Å². The zero-order valence-electron chi connectivity index (χ0n) is 15.1. The molecule has 3 N–H and O–H groups in total. The van der Waals surface area contributed by atoms with Crippen molar-refractivity contribution in [3.63, 3.8) is 0 Å². The van der Waals surface area contributed by atoms with Gasteiger partial charge in [0.15, 0.2) is 0 Å². The molecule has 1 aliphatic rings. The highest BCUT2D eigenvalue weighted by molar-refractivity contribution is 9.10. The Morgan fingerprint density at radius 1 is 1.22 bits per heavy atom. The summed E-state index contributed by atoms with van der Waals surface area (Å²) in [6.45, 7) is 0.927. The van der Waals surface area contributed by atoms with Crippen LogP contribution >= 0.6 is 15.9 Å². The quantitative estimate of drug-likeness (QED) is 0.584. The molecule has 142 valence electrons. The normalized spacial score (nSPS) is 12.4. The van der Waals surface area contributed by atoms with Gasteiger partial charge in [-0.25, -0.2) is 0 Å². The number of aliphatic hydroxyl groups is 1. The van der Waals surface area contributed by atoms with E-state index >= 15 is 0 Å². The summed E-state index contributed by atoms with van der Waals surface area (Å²) in [5, 5.41) is 24.5. The molecular formula is C20H22BrN3O3. The maximum absolute atomic E-state index is 9.57. The molecule has 0 atom stereocenters. The number of halogens is 1. The molecule has 6 nitrogen and oxygen atoms in total. The summed E-state index contributed by atoms with van der Waals surface area (Å²) in [5.41, 5.74) is 4.55. The molecule has 0 amide bonds. The monoisotopic (exact) mass is 431 g/mol. The Morgan fingerprint density at radius 3 is 2.78 bits per heavy atom. The van der Waals surface area contributed by atoms with E-state index in [9.17, 15) is 5.11 Å². The number of rotatable bonds is 4. The minimum atomic E-state index is 0.185. The summed E-state index contributed by atoms with van der Waals surface area (Å²) in [6.07, 6.45) is 3.38. The number of likely N-dealkylation sites (N-methyl/N-ethyl adjacent to an activating group) is 1. The molecule has 0 fully saturated rings. The second-order valence-electron chi connectivity index (χ2n) is 6.21. The molecule has 0 spiro atoms. The van der Waals surface area contributed by atoms with Gasteiger partial charge in [-0.15, -0.1) is 0 Å². The number of nitrogens with zero attached hydrogens (tertiary/aromatic N) is 2. The van der Waals surface area contributed by atoms with Crippen LogP contribution in [0.15, 0.2) is 45.4 Å². The van der Waals surface area contributed by atoms with Gasteiger partial charge in [0, 0.05) is 17.7 Å². The summed E-state index contributed by atoms with van der Waals surface area (Å²) in [7, 11) is 1.80. The van der Waals surface area contributed by atoms with Gasteiger partial charge in [-0.3, -0.25) is 0 Å². The fourth-order valence-electron chi connectivity index (χ4n) is 3.03. The topological polar surface area (TPSA) is 91.4 Å². The van der Waals surface area contributed by atoms with Gasteiger partial charge in [0.25, 0.3) is 5.89 Å². The zero-order valence-corrected chi connectivity index (χ0v) is 16.7. The van der Waals surface area contributed by atoms with Gasteiger partial charge in [0.2, 0.25) is 5.82 Å². The summed E-state index contributed by atoms with van der Waals surface area (Å²) >= 11 is 3.30. The molecule has 1 aliphatic carbocycles. The van der Waals surface area contributed by atoms with Gasteiger partial charge in [-0.1, -0.05) is 23.4 Å². The van der Waals surface area contributed by atoms with Crippen molar-refractivity contribution in [2.45, 2.75) is 19.3 Å². The van der Waals surface area contributed by atoms with E-state index in [2.05, 4.69) is 37.5 Å². The SMILES string of the molecule is CNCCO.Oc1ccc(-c2nc(-c3cccc4c3CCC4)no2)cc1Br. The van der Waals surface area contributed by atoms with Crippen LogP contribution in [-0.4, -0.2) is 40.6 Å². The van der Waals surface area contributed by atoms with E-state index in [4.69, 9.17) is 9.63 Å². The number of benzene rings is 2. The number of nitrogens with one attached hydrogen (secondary N) is 1. The van der Waals surface area contributed by atoms with Crippen LogP contribution in [0.2, 0.25) is 0 Å². The Hall–Kier alpha value is -2.22. The fraction of sp³-hybridized carbons (Fsp3) is 0.300. The number of aromatic nitrogens is 2. The largest absolute Gasteiger partial charge is 0.507 e. The molecule has 0 bridgehead atoms. The molecule has 0 aliphatic heterocycles. The predicted octanol–water partition coefficient (Wildman–Crippen LogP) is 3.56. The summed E-state index contributed by atoms with van der Waals surface area (Å²) in [6, 6.07) is 11.4. The van der Waals surface area contributed by atoms with Gasteiger partial charge in [-0.05, 0) is 71.6 Å². The Labute approximate surface area is 166 Å². The van der Waals surface area contributed by atoms with Gasteiger partial charge in [-0.2, -0.15) is 4.98 Å². The number of aromatic hydroxyl groups is 1. The third kappa shape index (κ3) is 4.55. The molecule has 1 heterocycles. The standard InChI is InChI=1S/C17H13BrN2O2.C3H9NO/c18-14-9-11(7-8-15(14)21)17-19-16(20-22-17)13-6-2-4-10-3-1-5-12(10)13;1-4-2-3-5/h2,4,6-9,21H,1,3,5H2;4-5H,2-3H2,1H3. The van der Waals surface area contributed by atoms with Gasteiger partial charge < -0.3 is 20.1 Å². The molecule has 2 aromatic carbocycles. The lowest BCUT2D eigenvalue weighted by Gasteiger charge is -2.03. The van der Waals surface area contributed by atoms with Crippen LogP contribution < -0.4 is 5.32 Å². The van der Waals surface area contributed by atoms with Crippen molar-refractivity contribution < 1.29 is 14.7 Å². The second-order valence-corrected chi connectivity index (χ2v) is 7.07. The van der Waals surface area contributed by atoms with E-state index in [1.165, 1.54) is 17.5 Å². The number of fused-ring (bicyclic) bond motifs is 1. The molecule has 0 unspecified atom stereocenters. The smallest absolute Gasteiger partial charge is 0.258 e. The number of aliphatic hydroxyl groups excluding tert-OH is 1. The first-order chi connectivity index (χ1) is 13.1. The molecule has 4 rings (SSSR count). The number of phenolic OH excluding ortho intramolecular Hbond substituents is 1. The Morgan fingerprint density at radius 2 is 2.07 bits per heavy atom. The first-order valence-electron chi connectivity index (χ1n) is 8.83. The molecule has 0 saturated carbocycles. The lowest BCUT2D eigenvalue weighted by Crippen LogP contribution is -2.10. The Bertz CT molecular complexity index is 909. The lowest BCUT2D eigenvalue weighted by molar-refractivity contribution is 0.296. The highest BCUT2D eigenvalue weighted by atomic mass is 79.9. The van der Waals surface area contributed by atoms with Crippen LogP contribution in [0.5, 0.6) is 5.75 Å². The van der Waals surface area contributed by atoms with E-state index in [0.717, 1.165) is 24.0 Å². The van der Waals surface area contributed by atoms with E-state index in [1.807, 2.05) is 12.1 Å². The second kappa shape index (κ2) is 9.12. The summed E-state index contributed by atoms with van der Waals surface area (Å²) in [4.78, 5) is 4.52. The summed E-state index contributed by atoms with van der Waals surface area (Å²) < 4.78 is 6.00. The molecular weight excluding hydrogens is 410 g/mol. The van der Waals surface area contributed by atoms with Crippen molar-refractivity contribution >= 4 is 15.9 Å². The van der Waals surface area contributed by atoms with Crippen molar-refractivity contribution in [2.75, 3.05) is 20.2 Å². The van der Waals surface area contributed by atoms with Crippen LogP contribution in [0.4, 0.5) is 0 Å². The highest BCUT2D eigenvalue weighted by Gasteiger charge is 2.19. The van der Waals surface area contributed by atoms with Crippen LogP contribution in [0.25, 0.3) is 22.8 Å². The minimum absolute atomic E-state index is 0.185. The molecule has 3 aromatic rings. The van der Waals surface area contributed by atoms with Crippen LogP contribution in [0, 0.1) is 0 Å². The van der Waals surface area contributed by atoms with Gasteiger partial charge in [0.1, 0.15) is 5.75 Å². The zero-order chi connectivity index (χ0) is 19.2. The number of phenols is 1. The number of hydrogen-bond acceptors (Lipinski definition) is 6. The van der Waals surface area contributed by atoms with Crippen molar-refractivity contribution in [2.24, 2.45) is 0 Å². The van der Waals surface area contributed by atoms with Crippen LogP contribution in [0.1, 0.15) is 17.5 Å². The van der Waals surface area contributed by atoms with Crippen LogP contribution in [0.3, 0.4) is 0 Å². The van der Waals surface area contributed by atoms with Crippen molar-refractivity contribution in [1.82, 2.24) is 15.5 Å². The third-order valence-electron chi connectivity index (χ3n) is 4.37. The van der Waals surface area contributed by atoms with Crippen molar-refractivity contribution in [3.8, 4) is 28.6 Å². The molecule has 0 saturated heterocycles. The number of aryl methyl sites for hydroxylation is 1. The molecule has 27 heavy (non-hydrogen) atoms. The average Bonchev–Trinajstić information content (AvgIpc) is 3.34. The van der Waals surface area contributed by atoms with E-state index in [0.29, 0.717) is 22.7 Å². The van der Waals surface area contributed by atoms with E-state index < -0.39 is 0 Å². The number of hydrogen-bond donors (Lipinski definition) is 3. The molecule has 7 heteroatoms. The summed E-state index contributed by atoms with van der Waals surface area (Å²) in [5.74, 6) is 1.26. The maximum Gasteiger partial charge on any atom is 0.258 e. The van der Waals surface area contributed by atoms with Crippen molar-refractivity contribution in [3.05, 3.63) is 52.0 Å². The first-order valence-corrected chi connectivity index (χ1v) is 9.62. The fourth-order valence-corrected chi connectivity index (χ4v) is 3.41. The maximum atomic E-state index is 9.57. The minimum Gasteiger partial charge on any atom is -0.507 e. The van der Waals surface area contributed by atoms with Gasteiger partial charge >= 0.3 is 0 Å². The lowest BCUT2D eigenvalue weighted by atomic mass is 10.0. The third-order valence-corrected chi connectivity index (χ3v) is 5.00.